The van der Waals surface area contributed by atoms with Gasteiger partial charge in [0.2, 0.25) is 0 Å². The first-order chi connectivity index (χ1) is 9.15. The second-order valence-electron chi connectivity index (χ2n) is 4.58. The molecule has 0 spiro atoms. The van der Waals surface area contributed by atoms with Crippen molar-refractivity contribution in [3.8, 4) is 0 Å². The van der Waals surface area contributed by atoms with Crippen molar-refractivity contribution in [1.82, 2.24) is 9.80 Å². The molecular weight excluding hydrogens is 324 g/mol. The minimum Gasteiger partial charge on any atom is -0.370 e. The van der Waals surface area contributed by atoms with E-state index in [1.165, 1.54) is 4.88 Å². The first kappa shape index (κ1) is 14.8. The largest absolute Gasteiger partial charge is 0.370 e. The van der Waals surface area contributed by atoms with Crippen LogP contribution in [0.15, 0.2) is 20.9 Å². The molecule has 0 saturated carbocycles. The van der Waals surface area contributed by atoms with Gasteiger partial charge in [-0.15, -0.1) is 11.3 Å². The van der Waals surface area contributed by atoms with E-state index in [0.717, 1.165) is 36.5 Å². The van der Waals surface area contributed by atoms with Gasteiger partial charge in [0.25, 0.3) is 0 Å². The lowest BCUT2D eigenvalue weighted by Crippen LogP contribution is -2.41. The molecule has 0 aliphatic carbocycles. The molecule has 0 saturated heterocycles. The van der Waals surface area contributed by atoms with E-state index in [4.69, 9.17) is 5.73 Å². The van der Waals surface area contributed by atoms with E-state index in [1.807, 2.05) is 0 Å². The lowest BCUT2D eigenvalue weighted by Gasteiger charge is -2.28. The Morgan fingerprint density at radius 3 is 2.79 bits per heavy atom. The van der Waals surface area contributed by atoms with Crippen LogP contribution in [0.1, 0.15) is 24.8 Å². The standard InChI is InChI=1S/C13H21BrN4S/c1-3-17(4-2)7-8-18-10(9-16-13(18)15)11-5-6-12(14)19-11/h5-6,10H,3-4,7-9H2,1-2H3,(H2,15,16). The average molecular weight is 345 g/mol. The van der Waals surface area contributed by atoms with E-state index >= 15 is 0 Å². The Morgan fingerprint density at radius 2 is 2.21 bits per heavy atom. The Labute approximate surface area is 127 Å². The Balaban J connectivity index is 2.01. The van der Waals surface area contributed by atoms with Crippen LogP contribution >= 0.6 is 27.3 Å². The van der Waals surface area contributed by atoms with Gasteiger partial charge in [-0.3, -0.25) is 4.99 Å². The second-order valence-corrected chi connectivity index (χ2v) is 7.07. The Bertz CT molecular complexity index is 442. The number of nitrogens with two attached hydrogens (primary N) is 1. The van der Waals surface area contributed by atoms with Gasteiger partial charge < -0.3 is 15.5 Å². The van der Waals surface area contributed by atoms with Crippen molar-refractivity contribution in [2.24, 2.45) is 10.7 Å². The zero-order chi connectivity index (χ0) is 13.8. The highest BCUT2D eigenvalue weighted by atomic mass is 79.9. The van der Waals surface area contributed by atoms with Crippen molar-refractivity contribution >= 4 is 33.2 Å². The maximum atomic E-state index is 6.03. The molecule has 1 aliphatic rings. The first-order valence-corrected chi connectivity index (χ1v) is 8.30. The lowest BCUT2D eigenvalue weighted by molar-refractivity contribution is 0.250. The molecule has 1 atom stereocenters. The van der Waals surface area contributed by atoms with E-state index in [1.54, 1.807) is 11.3 Å². The minimum absolute atomic E-state index is 0.312. The molecule has 2 N–H and O–H groups in total. The number of rotatable bonds is 6. The van der Waals surface area contributed by atoms with Crippen molar-refractivity contribution in [2.45, 2.75) is 19.9 Å². The number of likely N-dealkylation sites (N-methyl/N-ethyl adjacent to an activating group) is 1. The summed E-state index contributed by atoms with van der Waals surface area (Å²) in [4.78, 5) is 10.4. The molecule has 0 aromatic carbocycles. The van der Waals surface area contributed by atoms with Crippen LogP contribution < -0.4 is 5.73 Å². The van der Waals surface area contributed by atoms with Crippen LogP contribution in [0.2, 0.25) is 0 Å². The fourth-order valence-electron chi connectivity index (χ4n) is 2.34. The lowest BCUT2D eigenvalue weighted by atomic mass is 10.2. The number of thiophene rings is 1. The summed E-state index contributed by atoms with van der Waals surface area (Å²) in [5.74, 6) is 0.682. The van der Waals surface area contributed by atoms with Crippen molar-refractivity contribution in [1.29, 1.82) is 0 Å². The molecule has 2 heterocycles. The molecule has 106 valence electrons. The van der Waals surface area contributed by atoms with Gasteiger partial charge in [-0.1, -0.05) is 13.8 Å². The van der Waals surface area contributed by atoms with Crippen molar-refractivity contribution in [2.75, 3.05) is 32.7 Å². The van der Waals surface area contributed by atoms with E-state index in [0.29, 0.717) is 12.0 Å². The highest BCUT2D eigenvalue weighted by Gasteiger charge is 2.28. The Kier molecular flexibility index (Phi) is 5.24. The van der Waals surface area contributed by atoms with E-state index in [2.05, 4.69) is 56.7 Å². The number of nitrogens with zero attached hydrogens (tertiary/aromatic N) is 3. The van der Waals surface area contributed by atoms with Crippen molar-refractivity contribution < 1.29 is 0 Å². The summed E-state index contributed by atoms with van der Waals surface area (Å²) < 4.78 is 1.16. The second kappa shape index (κ2) is 6.72. The van der Waals surface area contributed by atoms with Gasteiger partial charge >= 0.3 is 0 Å². The molecule has 19 heavy (non-hydrogen) atoms. The minimum atomic E-state index is 0.312. The molecule has 0 fully saturated rings. The SMILES string of the molecule is CCN(CC)CCN1C(N)=NCC1c1ccc(Br)s1. The molecule has 2 rings (SSSR count). The van der Waals surface area contributed by atoms with Crippen LogP contribution in [0, 0.1) is 0 Å². The number of hydrogen-bond donors (Lipinski definition) is 1. The summed E-state index contributed by atoms with van der Waals surface area (Å²) in [6.45, 7) is 9.30. The smallest absolute Gasteiger partial charge is 0.191 e. The summed E-state index contributed by atoms with van der Waals surface area (Å²) in [6, 6.07) is 4.57. The van der Waals surface area contributed by atoms with Gasteiger partial charge in [-0.05, 0) is 41.2 Å². The summed E-state index contributed by atoms with van der Waals surface area (Å²) in [5, 5.41) is 0. The van der Waals surface area contributed by atoms with Crippen LogP contribution in [0.3, 0.4) is 0 Å². The molecule has 1 unspecified atom stereocenters. The maximum Gasteiger partial charge on any atom is 0.191 e. The third-order valence-electron chi connectivity index (χ3n) is 3.57. The summed E-state index contributed by atoms with van der Waals surface area (Å²) in [5.41, 5.74) is 6.03. The van der Waals surface area contributed by atoms with Crippen LogP contribution in [-0.4, -0.2) is 48.5 Å². The molecule has 1 aromatic rings. The van der Waals surface area contributed by atoms with Crippen molar-refractivity contribution in [3.63, 3.8) is 0 Å². The van der Waals surface area contributed by atoms with Gasteiger partial charge in [-0.25, -0.2) is 0 Å². The average Bonchev–Trinajstić information content (AvgIpc) is 2.98. The van der Waals surface area contributed by atoms with Crippen LogP contribution in [-0.2, 0) is 0 Å². The molecule has 4 nitrogen and oxygen atoms in total. The molecule has 0 amide bonds. The maximum absolute atomic E-state index is 6.03. The fraction of sp³-hybridized carbons (Fsp3) is 0.615. The van der Waals surface area contributed by atoms with Gasteiger partial charge in [0, 0.05) is 18.0 Å². The molecule has 0 bridgehead atoms. The normalized spacial score (nSPS) is 19.3. The third-order valence-corrected chi connectivity index (χ3v) is 5.30. The molecule has 1 aromatic heterocycles. The Morgan fingerprint density at radius 1 is 1.47 bits per heavy atom. The Hall–Kier alpha value is -0.590. The highest BCUT2D eigenvalue weighted by molar-refractivity contribution is 9.11. The highest BCUT2D eigenvalue weighted by Crippen LogP contribution is 2.33. The number of aliphatic imine (C=N–C) groups is 1. The third kappa shape index (κ3) is 3.49. The van der Waals surface area contributed by atoms with E-state index in [9.17, 15) is 0 Å². The van der Waals surface area contributed by atoms with Crippen LogP contribution in [0.25, 0.3) is 0 Å². The fourth-order valence-corrected chi connectivity index (χ4v) is 3.87. The molecule has 1 aliphatic heterocycles. The first-order valence-electron chi connectivity index (χ1n) is 6.69. The molecular formula is C13H21BrN4S. The quantitative estimate of drug-likeness (QED) is 0.862. The summed E-state index contributed by atoms with van der Waals surface area (Å²) >= 11 is 5.29. The molecule has 0 radical (unpaired) electrons. The monoisotopic (exact) mass is 344 g/mol. The van der Waals surface area contributed by atoms with Crippen LogP contribution in [0.5, 0.6) is 0 Å². The summed E-state index contributed by atoms with van der Waals surface area (Å²) in [6.07, 6.45) is 0. The number of guanidine groups is 1. The van der Waals surface area contributed by atoms with Gasteiger partial charge in [0.05, 0.1) is 16.4 Å². The van der Waals surface area contributed by atoms with Gasteiger partial charge in [0.1, 0.15) is 0 Å². The van der Waals surface area contributed by atoms with Gasteiger partial charge in [-0.2, -0.15) is 0 Å². The van der Waals surface area contributed by atoms with E-state index < -0.39 is 0 Å². The topological polar surface area (TPSA) is 44.9 Å². The zero-order valence-electron chi connectivity index (χ0n) is 11.5. The number of halogens is 1. The van der Waals surface area contributed by atoms with Gasteiger partial charge in [0.15, 0.2) is 5.96 Å². The predicted octanol–water partition coefficient (Wildman–Crippen LogP) is 2.52. The molecule has 6 heteroatoms. The zero-order valence-corrected chi connectivity index (χ0v) is 13.9. The number of hydrogen-bond acceptors (Lipinski definition) is 5. The summed E-state index contributed by atoms with van der Waals surface area (Å²) in [7, 11) is 0. The van der Waals surface area contributed by atoms with Crippen molar-refractivity contribution in [3.05, 3.63) is 20.8 Å². The predicted molar refractivity (Wildman–Crippen MR) is 85.7 cm³/mol. The van der Waals surface area contributed by atoms with E-state index in [-0.39, 0.29) is 0 Å². The van der Waals surface area contributed by atoms with Crippen LogP contribution in [0.4, 0.5) is 0 Å².